The molecular formula is C33H26BNO7. The number of imide groups is 1. The number of benzene rings is 3. The Labute approximate surface area is 241 Å². The Hall–Kier alpha value is -4.60. The van der Waals surface area contributed by atoms with E-state index >= 15 is 0 Å². The summed E-state index contributed by atoms with van der Waals surface area (Å²) in [6, 6.07) is 17.0. The standard InChI is InChI=1S/C33H26BNO7/c1-16-13-26(36)29-25(30(16)37)15-24-21(27(29)22-10-9-17-5-2-3-8-20(17)31(22)38)11-12-23-28(24)33(40)35(32(23)39)19-7-4-6-18(14-19)34(41)42/h2-11,13-14,23-24,27-28,38,41-42H,12,15H2,1H3/t23-,24+,27+,28-/m0/s1. The van der Waals surface area contributed by atoms with Crippen molar-refractivity contribution < 1.29 is 34.3 Å². The molecule has 42 heavy (non-hydrogen) atoms. The van der Waals surface area contributed by atoms with Crippen LogP contribution in [0.3, 0.4) is 0 Å². The maximum atomic E-state index is 14.1. The Balaban J connectivity index is 1.38. The molecule has 2 amide bonds. The number of hydrogen-bond acceptors (Lipinski definition) is 7. The van der Waals surface area contributed by atoms with Crippen LogP contribution in [-0.4, -0.2) is 45.7 Å². The third-order valence-electron chi connectivity index (χ3n) is 9.23. The molecule has 0 bridgehead atoms. The molecule has 7 rings (SSSR count). The van der Waals surface area contributed by atoms with E-state index in [1.165, 1.54) is 18.2 Å². The van der Waals surface area contributed by atoms with Gasteiger partial charge in [0.25, 0.3) is 0 Å². The highest BCUT2D eigenvalue weighted by Crippen LogP contribution is 2.56. The van der Waals surface area contributed by atoms with Crippen molar-refractivity contribution in [1.82, 2.24) is 0 Å². The van der Waals surface area contributed by atoms with Crippen molar-refractivity contribution in [3.05, 3.63) is 101 Å². The molecular weight excluding hydrogens is 533 g/mol. The Morgan fingerprint density at radius 3 is 2.48 bits per heavy atom. The average molecular weight is 559 g/mol. The smallest absolute Gasteiger partial charge is 0.488 e. The van der Waals surface area contributed by atoms with E-state index in [0.717, 1.165) is 15.9 Å². The Morgan fingerprint density at radius 2 is 1.69 bits per heavy atom. The Kier molecular flexibility index (Phi) is 5.94. The zero-order valence-corrected chi connectivity index (χ0v) is 22.7. The minimum absolute atomic E-state index is 0.00924. The summed E-state index contributed by atoms with van der Waals surface area (Å²) in [7, 11) is -1.77. The first-order chi connectivity index (χ1) is 20.2. The van der Waals surface area contributed by atoms with Crippen molar-refractivity contribution in [3.8, 4) is 5.75 Å². The molecule has 0 radical (unpaired) electrons. The highest BCUT2D eigenvalue weighted by atomic mass is 16.4. The second kappa shape index (κ2) is 9.47. The van der Waals surface area contributed by atoms with E-state index in [9.17, 15) is 34.3 Å². The van der Waals surface area contributed by atoms with Gasteiger partial charge in [-0.1, -0.05) is 60.2 Å². The van der Waals surface area contributed by atoms with E-state index in [4.69, 9.17) is 0 Å². The summed E-state index contributed by atoms with van der Waals surface area (Å²) in [5.74, 6) is -4.14. The third-order valence-corrected chi connectivity index (χ3v) is 9.23. The van der Waals surface area contributed by atoms with Crippen molar-refractivity contribution >= 4 is 52.4 Å². The van der Waals surface area contributed by atoms with E-state index in [-0.39, 0.29) is 41.3 Å². The quantitative estimate of drug-likeness (QED) is 0.195. The van der Waals surface area contributed by atoms with Crippen LogP contribution in [0.1, 0.15) is 31.2 Å². The minimum atomic E-state index is -1.77. The lowest BCUT2D eigenvalue weighted by Crippen LogP contribution is -2.40. The molecule has 0 spiro atoms. The lowest BCUT2D eigenvalue weighted by atomic mass is 9.59. The lowest BCUT2D eigenvalue weighted by Gasteiger charge is -2.42. The normalized spacial score (nSPS) is 25.3. The van der Waals surface area contributed by atoms with Crippen LogP contribution in [0.2, 0.25) is 0 Å². The molecule has 4 atom stereocenters. The number of aromatic hydroxyl groups is 1. The molecule has 1 heterocycles. The number of fused-ring (bicyclic) bond motifs is 4. The number of amides is 2. The predicted octanol–water partition coefficient (Wildman–Crippen LogP) is 2.86. The molecule has 1 aliphatic heterocycles. The molecule has 1 fully saturated rings. The number of nitrogens with zero attached hydrogens (tertiary/aromatic N) is 1. The number of carbonyl (C=O) groups is 4. The molecule has 3 aromatic carbocycles. The number of anilines is 1. The van der Waals surface area contributed by atoms with E-state index in [1.807, 2.05) is 30.3 Å². The van der Waals surface area contributed by atoms with Gasteiger partial charge in [0.2, 0.25) is 11.8 Å². The average Bonchev–Trinajstić information content (AvgIpc) is 3.25. The SMILES string of the molecule is CC1=CC(=O)C2=C(C[C@@H]3C(=CC[C@@H]4C(=O)N(c5cccc(B(O)O)c5)C(=O)[C@@H]43)[C@@H]2c2ccc3ccccc3c2O)C1=O. The monoisotopic (exact) mass is 559 g/mol. The highest BCUT2D eigenvalue weighted by Gasteiger charge is 2.57. The highest BCUT2D eigenvalue weighted by molar-refractivity contribution is 6.58. The number of hydrogen-bond donors (Lipinski definition) is 3. The first kappa shape index (κ1) is 26.3. The Morgan fingerprint density at radius 1 is 0.905 bits per heavy atom. The lowest BCUT2D eigenvalue weighted by molar-refractivity contribution is -0.123. The van der Waals surface area contributed by atoms with E-state index in [1.54, 1.807) is 31.2 Å². The molecule has 0 saturated carbocycles. The fourth-order valence-electron chi connectivity index (χ4n) is 7.32. The van der Waals surface area contributed by atoms with Gasteiger partial charge in [0.05, 0.1) is 17.5 Å². The maximum Gasteiger partial charge on any atom is 0.488 e. The molecule has 3 aromatic rings. The predicted molar refractivity (Wildman–Crippen MR) is 156 cm³/mol. The van der Waals surface area contributed by atoms with Crippen LogP contribution in [0, 0.1) is 17.8 Å². The Bertz CT molecular complexity index is 1850. The van der Waals surface area contributed by atoms with Gasteiger partial charge in [-0.05, 0) is 54.7 Å². The summed E-state index contributed by atoms with van der Waals surface area (Å²) in [5, 5.41) is 32.2. The third kappa shape index (κ3) is 3.70. The summed E-state index contributed by atoms with van der Waals surface area (Å²) < 4.78 is 0. The summed E-state index contributed by atoms with van der Waals surface area (Å²) in [5.41, 5.74) is 2.57. The number of Topliss-reactive ketones (excluding diaryl/α,β-unsaturated/α-hetero) is 1. The topological polar surface area (TPSA) is 132 Å². The first-order valence-corrected chi connectivity index (χ1v) is 13.9. The summed E-state index contributed by atoms with van der Waals surface area (Å²) >= 11 is 0. The van der Waals surface area contributed by atoms with Crippen LogP contribution in [0.15, 0.2) is 95.1 Å². The molecule has 9 heteroatoms. The second-order valence-electron chi connectivity index (χ2n) is 11.4. The zero-order valence-electron chi connectivity index (χ0n) is 22.7. The van der Waals surface area contributed by atoms with Crippen LogP contribution in [0.5, 0.6) is 5.75 Å². The molecule has 4 aliphatic rings. The molecule has 8 nitrogen and oxygen atoms in total. The van der Waals surface area contributed by atoms with E-state index < -0.39 is 42.6 Å². The van der Waals surface area contributed by atoms with Crippen molar-refractivity contribution in [1.29, 1.82) is 0 Å². The van der Waals surface area contributed by atoms with Crippen LogP contribution in [-0.2, 0) is 19.2 Å². The van der Waals surface area contributed by atoms with E-state index in [0.29, 0.717) is 27.7 Å². The minimum Gasteiger partial charge on any atom is -0.507 e. The van der Waals surface area contributed by atoms with Gasteiger partial charge in [-0.2, -0.15) is 0 Å². The van der Waals surface area contributed by atoms with Gasteiger partial charge >= 0.3 is 7.12 Å². The summed E-state index contributed by atoms with van der Waals surface area (Å²) in [4.78, 5) is 55.9. The molecule has 0 aromatic heterocycles. The van der Waals surface area contributed by atoms with Gasteiger partial charge in [0, 0.05) is 33.6 Å². The van der Waals surface area contributed by atoms with Gasteiger partial charge in [0.1, 0.15) is 5.75 Å². The van der Waals surface area contributed by atoms with Crippen LogP contribution >= 0.6 is 0 Å². The number of carbonyl (C=O) groups excluding carboxylic acids is 4. The number of phenolic OH excluding ortho intramolecular Hbond substituents is 1. The van der Waals surface area contributed by atoms with Crippen LogP contribution < -0.4 is 10.4 Å². The van der Waals surface area contributed by atoms with Crippen molar-refractivity contribution in [3.63, 3.8) is 0 Å². The van der Waals surface area contributed by atoms with Crippen molar-refractivity contribution in [2.24, 2.45) is 17.8 Å². The van der Waals surface area contributed by atoms with Gasteiger partial charge in [0.15, 0.2) is 11.6 Å². The summed E-state index contributed by atoms with van der Waals surface area (Å²) in [6.07, 6.45) is 3.63. The number of rotatable bonds is 3. The fraction of sp³-hybridized carbons (Fsp3) is 0.212. The molecule has 0 unspecified atom stereocenters. The number of ketones is 2. The van der Waals surface area contributed by atoms with Gasteiger partial charge in [-0.25, -0.2) is 0 Å². The molecule has 1 saturated heterocycles. The fourth-order valence-corrected chi connectivity index (χ4v) is 7.32. The maximum absolute atomic E-state index is 14.1. The van der Waals surface area contributed by atoms with Crippen LogP contribution in [0.25, 0.3) is 10.8 Å². The van der Waals surface area contributed by atoms with Crippen molar-refractivity contribution in [2.45, 2.75) is 25.7 Å². The van der Waals surface area contributed by atoms with Gasteiger partial charge in [-0.15, -0.1) is 0 Å². The summed E-state index contributed by atoms with van der Waals surface area (Å²) in [6.45, 7) is 1.59. The van der Waals surface area contributed by atoms with E-state index in [2.05, 4.69) is 0 Å². The van der Waals surface area contributed by atoms with Gasteiger partial charge < -0.3 is 15.2 Å². The van der Waals surface area contributed by atoms with Gasteiger partial charge in [-0.3, -0.25) is 24.1 Å². The number of allylic oxidation sites excluding steroid dienone is 6. The van der Waals surface area contributed by atoms with Crippen molar-refractivity contribution in [2.75, 3.05) is 4.90 Å². The largest absolute Gasteiger partial charge is 0.507 e. The molecule has 208 valence electrons. The molecule has 3 aliphatic carbocycles. The number of phenols is 1. The first-order valence-electron chi connectivity index (χ1n) is 13.9. The second-order valence-corrected chi connectivity index (χ2v) is 11.4. The van der Waals surface area contributed by atoms with Crippen LogP contribution in [0.4, 0.5) is 5.69 Å². The zero-order chi connectivity index (χ0) is 29.4. The molecule has 3 N–H and O–H groups in total.